The van der Waals surface area contributed by atoms with Crippen molar-refractivity contribution in [1.29, 1.82) is 0 Å². The Labute approximate surface area is 132 Å². The van der Waals surface area contributed by atoms with Crippen LogP contribution in [0.3, 0.4) is 0 Å². The van der Waals surface area contributed by atoms with Gasteiger partial charge in [0, 0.05) is 19.5 Å². The van der Waals surface area contributed by atoms with E-state index in [-0.39, 0.29) is 30.2 Å². The van der Waals surface area contributed by atoms with Crippen molar-refractivity contribution in [3.8, 4) is 0 Å². The van der Waals surface area contributed by atoms with E-state index in [1.165, 1.54) is 0 Å². The Kier molecular flexibility index (Phi) is 5.97. The average molecular weight is 312 g/mol. The Balaban J connectivity index is 2.75. The van der Waals surface area contributed by atoms with Gasteiger partial charge in [-0.1, -0.05) is 27.7 Å². The van der Waals surface area contributed by atoms with Gasteiger partial charge in [0.15, 0.2) is 0 Å². The zero-order valence-electron chi connectivity index (χ0n) is 14.2. The second-order valence-corrected chi connectivity index (χ2v) is 7.26. The molecule has 1 heterocycles. The molecule has 1 saturated heterocycles. The Morgan fingerprint density at radius 1 is 1.23 bits per heavy atom. The van der Waals surface area contributed by atoms with Gasteiger partial charge in [-0.3, -0.25) is 14.4 Å². The van der Waals surface area contributed by atoms with E-state index in [2.05, 4.69) is 5.32 Å². The number of aliphatic carboxylic acids is 1. The molecule has 0 bridgehead atoms. The maximum Gasteiger partial charge on any atom is 0.311 e. The number of nitrogens with one attached hydrogen (secondary N) is 1. The molecule has 2 amide bonds. The highest BCUT2D eigenvalue weighted by molar-refractivity contribution is 5.89. The second-order valence-electron chi connectivity index (χ2n) is 7.26. The summed E-state index contributed by atoms with van der Waals surface area (Å²) in [5.74, 6) is -1.02. The minimum Gasteiger partial charge on any atom is -0.481 e. The first-order chi connectivity index (χ1) is 10.1. The molecule has 0 aromatic heterocycles. The molecule has 0 radical (unpaired) electrons. The molecular formula is C16H28N2O4. The number of hydrogen-bond donors (Lipinski definition) is 2. The van der Waals surface area contributed by atoms with Crippen LogP contribution in [0.1, 0.15) is 47.5 Å². The first-order valence-corrected chi connectivity index (χ1v) is 7.88. The average Bonchev–Trinajstić information content (AvgIpc) is 2.78. The summed E-state index contributed by atoms with van der Waals surface area (Å²) < 4.78 is 0. The van der Waals surface area contributed by atoms with E-state index in [1.54, 1.807) is 11.8 Å². The quantitative estimate of drug-likeness (QED) is 0.778. The second kappa shape index (κ2) is 7.11. The topological polar surface area (TPSA) is 86.7 Å². The molecule has 126 valence electrons. The Morgan fingerprint density at radius 3 is 2.23 bits per heavy atom. The number of rotatable bonds is 6. The molecule has 1 aliphatic heterocycles. The number of nitrogens with zero attached hydrogens (tertiary/aromatic N) is 1. The van der Waals surface area contributed by atoms with Crippen LogP contribution in [0.4, 0.5) is 0 Å². The molecule has 0 aliphatic carbocycles. The van der Waals surface area contributed by atoms with Crippen molar-refractivity contribution in [3.63, 3.8) is 0 Å². The summed E-state index contributed by atoms with van der Waals surface area (Å²) in [6.45, 7) is 9.93. The molecule has 2 atom stereocenters. The molecule has 1 rings (SSSR count). The zero-order chi connectivity index (χ0) is 17.1. The molecule has 0 saturated carbocycles. The Bertz CT molecular complexity index is 447. The van der Waals surface area contributed by atoms with Gasteiger partial charge in [0.2, 0.25) is 11.8 Å². The molecular weight excluding hydrogens is 284 g/mol. The van der Waals surface area contributed by atoms with E-state index >= 15 is 0 Å². The predicted octanol–water partition coefficient (Wildman–Crippen LogP) is 1.50. The van der Waals surface area contributed by atoms with Gasteiger partial charge < -0.3 is 15.3 Å². The fraction of sp³-hybridized carbons (Fsp3) is 0.812. The van der Waals surface area contributed by atoms with E-state index in [4.69, 9.17) is 0 Å². The number of carboxylic acid groups (broad SMARTS) is 1. The van der Waals surface area contributed by atoms with Crippen LogP contribution < -0.4 is 5.32 Å². The number of amides is 2. The fourth-order valence-electron chi connectivity index (χ4n) is 2.64. The lowest BCUT2D eigenvalue weighted by Gasteiger charge is -2.28. The summed E-state index contributed by atoms with van der Waals surface area (Å²) in [7, 11) is 0. The van der Waals surface area contributed by atoms with E-state index in [9.17, 15) is 19.5 Å². The van der Waals surface area contributed by atoms with E-state index in [0.717, 1.165) is 0 Å². The van der Waals surface area contributed by atoms with Crippen LogP contribution in [0.2, 0.25) is 0 Å². The van der Waals surface area contributed by atoms with Crippen molar-refractivity contribution in [3.05, 3.63) is 0 Å². The summed E-state index contributed by atoms with van der Waals surface area (Å²) in [4.78, 5) is 37.4. The maximum absolute atomic E-state index is 12.6. The monoisotopic (exact) mass is 312 g/mol. The smallest absolute Gasteiger partial charge is 0.311 e. The van der Waals surface area contributed by atoms with Gasteiger partial charge in [-0.15, -0.1) is 0 Å². The minimum absolute atomic E-state index is 0.0414. The van der Waals surface area contributed by atoms with Crippen LogP contribution in [-0.2, 0) is 14.4 Å². The van der Waals surface area contributed by atoms with Crippen LogP contribution in [0.5, 0.6) is 0 Å². The normalized spacial score (nSPS) is 23.0. The van der Waals surface area contributed by atoms with Crippen molar-refractivity contribution in [2.75, 3.05) is 13.1 Å². The highest BCUT2D eigenvalue weighted by Crippen LogP contribution is 2.30. The molecule has 0 spiro atoms. The SMILES string of the molecule is CC(C)CC(=O)NC(C(=O)N1CCC(C)(C(=O)O)C1)C(C)C. The zero-order valence-corrected chi connectivity index (χ0v) is 14.2. The first kappa shape index (κ1) is 18.5. The van der Waals surface area contributed by atoms with E-state index in [0.29, 0.717) is 19.4 Å². The highest BCUT2D eigenvalue weighted by Gasteiger charge is 2.43. The first-order valence-electron chi connectivity index (χ1n) is 7.88. The molecule has 0 aromatic carbocycles. The molecule has 6 nitrogen and oxygen atoms in total. The molecule has 1 aliphatic rings. The molecule has 2 N–H and O–H groups in total. The van der Waals surface area contributed by atoms with Crippen molar-refractivity contribution in [1.82, 2.24) is 10.2 Å². The third-order valence-electron chi connectivity index (χ3n) is 4.14. The van der Waals surface area contributed by atoms with Gasteiger partial charge in [-0.25, -0.2) is 0 Å². The van der Waals surface area contributed by atoms with Gasteiger partial charge in [0.05, 0.1) is 5.41 Å². The number of likely N-dealkylation sites (tertiary alicyclic amines) is 1. The number of carboxylic acids is 1. The van der Waals surface area contributed by atoms with E-state index < -0.39 is 17.4 Å². The molecule has 1 fully saturated rings. The maximum atomic E-state index is 12.6. The van der Waals surface area contributed by atoms with Crippen LogP contribution >= 0.6 is 0 Å². The van der Waals surface area contributed by atoms with Gasteiger partial charge in [-0.2, -0.15) is 0 Å². The van der Waals surface area contributed by atoms with Crippen molar-refractivity contribution >= 4 is 17.8 Å². The molecule has 0 aromatic rings. The van der Waals surface area contributed by atoms with Crippen molar-refractivity contribution in [2.45, 2.75) is 53.5 Å². The third-order valence-corrected chi connectivity index (χ3v) is 4.14. The number of carbonyl (C=O) groups is 3. The summed E-state index contributed by atoms with van der Waals surface area (Å²) in [5, 5.41) is 12.1. The van der Waals surface area contributed by atoms with Crippen molar-refractivity contribution in [2.24, 2.45) is 17.3 Å². The van der Waals surface area contributed by atoms with Gasteiger partial charge in [-0.05, 0) is 25.2 Å². The van der Waals surface area contributed by atoms with Gasteiger partial charge in [0.25, 0.3) is 0 Å². The highest BCUT2D eigenvalue weighted by atomic mass is 16.4. The summed E-state index contributed by atoms with van der Waals surface area (Å²) >= 11 is 0. The lowest BCUT2D eigenvalue weighted by atomic mass is 9.90. The lowest BCUT2D eigenvalue weighted by molar-refractivity contribution is -0.147. The van der Waals surface area contributed by atoms with Crippen LogP contribution in [0.15, 0.2) is 0 Å². The summed E-state index contributed by atoms with van der Waals surface area (Å²) in [6.07, 6.45) is 0.822. The number of carbonyl (C=O) groups excluding carboxylic acids is 2. The predicted molar refractivity (Wildman–Crippen MR) is 83.2 cm³/mol. The Morgan fingerprint density at radius 2 is 1.82 bits per heavy atom. The van der Waals surface area contributed by atoms with Crippen molar-refractivity contribution < 1.29 is 19.5 Å². The van der Waals surface area contributed by atoms with Gasteiger partial charge >= 0.3 is 5.97 Å². The van der Waals surface area contributed by atoms with Gasteiger partial charge in [0.1, 0.15) is 6.04 Å². The van der Waals surface area contributed by atoms with Crippen LogP contribution in [0, 0.1) is 17.3 Å². The Hall–Kier alpha value is -1.59. The minimum atomic E-state index is -0.890. The standard InChI is InChI=1S/C16H28N2O4/c1-10(2)8-12(19)17-13(11(3)4)14(20)18-7-6-16(5,9-18)15(21)22/h10-11,13H,6-9H2,1-5H3,(H,17,19)(H,21,22). The number of hydrogen-bond acceptors (Lipinski definition) is 3. The summed E-state index contributed by atoms with van der Waals surface area (Å²) in [5.41, 5.74) is -0.890. The third kappa shape index (κ3) is 4.45. The molecule has 2 unspecified atom stereocenters. The van der Waals surface area contributed by atoms with Crippen LogP contribution in [-0.4, -0.2) is 46.9 Å². The largest absolute Gasteiger partial charge is 0.481 e. The van der Waals surface area contributed by atoms with Crippen LogP contribution in [0.25, 0.3) is 0 Å². The lowest BCUT2D eigenvalue weighted by Crippen LogP contribution is -2.51. The molecule has 22 heavy (non-hydrogen) atoms. The summed E-state index contributed by atoms with van der Waals surface area (Å²) in [6, 6.07) is -0.595. The fourth-order valence-corrected chi connectivity index (χ4v) is 2.64. The molecule has 6 heteroatoms. The van der Waals surface area contributed by atoms with E-state index in [1.807, 2.05) is 27.7 Å².